The van der Waals surface area contributed by atoms with Crippen LogP contribution in [-0.2, 0) is 20.0 Å². The summed E-state index contributed by atoms with van der Waals surface area (Å²) >= 11 is 0. The second kappa shape index (κ2) is 6.65. The summed E-state index contributed by atoms with van der Waals surface area (Å²) in [4.78, 5) is 0. The fraction of sp³-hybridized carbons (Fsp3) is 0.643. The van der Waals surface area contributed by atoms with Crippen molar-refractivity contribution in [2.75, 3.05) is 6.54 Å². The third kappa shape index (κ3) is 2.90. The van der Waals surface area contributed by atoms with Gasteiger partial charge in [0, 0.05) is 25.4 Å². The molecular weight excluding hydrogens is 252 g/mol. The van der Waals surface area contributed by atoms with Crippen molar-refractivity contribution < 1.29 is 0 Å². The summed E-state index contributed by atoms with van der Waals surface area (Å²) in [5.74, 6) is 0. The molecule has 6 nitrogen and oxygen atoms in total. The van der Waals surface area contributed by atoms with Gasteiger partial charge in [-0.3, -0.25) is 4.68 Å². The molecule has 0 aliphatic heterocycles. The van der Waals surface area contributed by atoms with Gasteiger partial charge in [0.1, 0.15) is 0 Å². The number of hydrogen-bond donors (Lipinski definition) is 1. The largest absolute Gasteiger partial charge is 0.305 e. The summed E-state index contributed by atoms with van der Waals surface area (Å²) in [6.45, 7) is 8.17. The van der Waals surface area contributed by atoms with Crippen LogP contribution in [0.1, 0.15) is 50.2 Å². The Morgan fingerprint density at radius 3 is 2.75 bits per heavy atom. The number of aryl methyl sites for hydroxylation is 3. The highest BCUT2D eigenvalue weighted by Crippen LogP contribution is 2.24. The van der Waals surface area contributed by atoms with Crippen molar-refractivity contribution in [1.82, 2.24) is 30.1 Å². The lowest BCUT2D eigenvalue weighted by Gasteiger charge is -2.18. The average Bonchev–Trinajstić information content (AvgIpc) is 3.03. The number of aromatic nitrogens is 5. The molecule has 0 radical (unpaired) electrons. The van der Waals surface area contributed by atoms with Crippen LogP contribution >= 0.6 is 0 Å². The average molecular weight is 276 g/mol. The molecule has 0 bridgehead atoms. The minimum absolute atomic E-state index is 0.102. The van der Waals surface area contributed by atoms with E-state index in [2.05, 4.69) is 47.7 Å². The summed E-state index contributed by atoms with van der Waals surface area (Å²) in [5.41, 5.74) is 3.45. The zero-order valence-electron chi connectivity index (χ0n) is 12.8. The lowest BCUT2D eigenvalue weighted by Crippen LogP contribution is -2.25. The molecule has 2 heterocycles. The van der Waals surface area contributed by atoms with E-state index in [0.29, 0.717) is 0 Å². The van der Waals surface area contributed by atoms with Crippen LogP contribution in [0.2, 0.25) is 0 Å². The van der Waals surface area contributed by atoms with E-state index in [-0.39, 0.29) is 6.04 Å². The Morgan fingerprint density at radius 2 is 2.10 bits per heavy atom. The molecule has 0 aromatic carbocycles. The van der Waals surface area contributed by atoms with Gasteiger partial charge in [0.25, 0.3) is 0 Å². The maximum Gasteiger partial charge on any atom is 0.0803 e. The zero-order valence-corrected chi connectivity index (χ0v) is 12.8. The molecule has 2 aromatic rings. The van der Waals surface area contributed by atoms with Crippen LogP contribution in [0.5, 0.6) is 0 Å². The Balaban J connectivity index is 2.41. The second-order valence-electron chi connectivity index (χ2n) is 4.93. The number of rotatable bonds is 7. The first-order valence-corrected chi connectivity index (χ1v) is 7.35. The van der Waals surface area contributed by atoms with Gasteiger partial charge in [-0.15, -0.1) is 5.10 Å². The van der Waals surface area contributed by atoms with Crippen LogP contribution < -0.4 is 5.32 Å². The molecule has 0 saturated heterocycles. The van der Waals surface area contributed by atoms with E-state index in [1.54, 1.807) is 0 Å². The molecule has 0 aliphatic carbocycles. The predicted molar refractivity (Wildman–Crippen MR) is 78.4 cm³/mol. The van der Waals surface area contributed by atoms with Gasteiger partial charge in [0.15, 0.2) is 0 Å². The van der Waals surface area contributed by atoms with Crippen LogP contribution in [0.3, 0.4) is 0 Å². The van der Waals surface area contributed by atoms with Crippen LogP contribution in [0, 0.1) is 0 Å². The number of hydrogen-bond acceptors (Lipinski definition) is 4. The summed E-state index contributed by atoms with van der Waals surface area (Å²) in [5, 5.41) is 16.4. The molecule has 20 heavy (non-hydrogen) atoms. The monoisotopic (exact) mass is 276 g/mol. The first-order valence-electron chi connectivity index (χ1n) is 7.35. The van der Waals surface area contributed by atoms with Crippen LogP contribution in [-0.4, -0.2) is 31.3 Å². The third-order valence-electron chi connectivity index (χ3n) is 3.37. The minimum Gasteiger partial charge on any atom is -0.305 e. The van der Waals surface area contributed by atoms with Crippen LogP contribution in [0.4, 0.5) is 0 Å². The first kappa shape index (κ1) is 14.7. The smallest absolute Gasteiger partial charge is 0.0803 e. The highest BCUT2D eigenvalue weighted by molar-refractivity contribution is 5.29. The Kier molecular flexibility index (Phi) is 4.89. The van der Waals surface area contributed by atoms with Crippen LogP contribution in [0.15, 0.2) is 12.4 Å². The highest BCUT2D eigenvalue weighted by atomic mass is 15.4. The highest BCUT2D eigenvalue weighted by Gasteiger charge is 2.22. The van der Waals surface area contributed by atoms with Gasteiger partial charge in [0.05, 0.1) is 23.6 Å². The number of nitrogens with one attached hydrogen (secondary N) is 1. The lowest BCUT2D eigenvalue weighted by molar-refractivity contribution is 0.510. The van der Waals surface area contributed by atoms with Gasteiger partial charge in [-0.25, -0.2) is 4.68 Å². The molecular formula is C14H24N6. The number of nitrogens with zero attached hydrogens (tertiary/aromatic N) is 5. The molecule has 1 N–H and O–H groups in total. The van der Waals surface area contributed by atoms with E-state index in [9.17, 15) is 0 Å². The standard InChI is InChI=1S/C14H24N6/c1-5-8-20-13(9-16-18-20)14(15-7-3)11-10-19(4)17-12(11)6-2/h9-10,14-15H,5-8H2,1-4H3. The van der Waals surface area contributed by atoms with Crippen molar-refractivity contribution in [3.05, 3.63) is 29.3 Å². The lowest BCUT2D eigenvalue weighted by atomic mass is 10.0. The summed E-state index contributed by atoms with van der Waals surface area (Å²) in [7, 11) is 1.97. The van der Waals surface area contributed by atoms with Crippen molar-refractivity contribution in [2.24, 2.45) is 7.05 Å². The first-order chi connectivity index (χ1) is 9.71. The van der Waals surface area contributed by atoms with E-state index in [1.165, 1.54) is 5.56 Å². The van der Waals surface area contributed by atoms with Gasteiger partial charge >= 0.3 is 0 Å². The Hall–Kier alpha value is -1.69. The van der Waals surface area contributed by atoms with E-state index in [1.807, 2.05) is 22.6 Å². The molecule has 1 atom stereocenters. The fourth-order valence-electron chi connectivity index (χ4n) is 2.52. The Bertz CT molecular complexity index is 542. The third-order valence-corrected chi connectivity index (χ3v) is 3.37. The van der Waals surface area contributed by atoms with E-state index in [0.717, 1.165) is 37.3 Å². The fourth-order valence-corrected chi connectivity index (χ4v) is 2.52. The van der Waals surface area contributed by atoms with Crippen molar-refractivity contribution in [3.8, 4) is 0 Å². The molecule has 6 heteroatoms. The van der Waals surface area contributed by atoms with Crippen molar-refractivity contribution in [3.63, 3.8) is 0 Å². The molecule has 2 aromatic heterocycles. The minimum atomic E-state index is 0.102. The summed E-state index contributed by atoms with van der Waals surface area (Å²) in [6.07, 6.45) is 5.92. The maximum absolute atomic E-state index is 4.54. The van der Waals surface area contributed by atoms with Gasteiger partial charge in [-0.05, 0) is 19.4 Å². The van der Waals surface area contributed by atoms with E-state index in [4.69, 9.17) is 0 Å². The SMILES string of the molecule is CCCn1nncc1C(NCC)c1cn(C)nc1CC. The molecule has 0 aliphatic rings. The molecule has 0 spiro atoms. The molecule has 110 valence electrons. The van der Waals surface area contributed by atoms with Crippen LogP contribution in [0.25, 0.3) is 0 Å². The van der Waals surface area contributed by atoms with Gasteiger partial charge in [0.2, 0.25) is 0 Å². The quantitative estimate of drug-likeness (QED) is 0.836. The summed E-state index contributed by atoms with van der Waals surface area (Å²) < 4.78 is 3.87. The van der Waals surface area contributed by atoms with Gasteiger partial charge in [-0.1, -0.05) is 26.0 Å². The molecule has 0 amide bonds. The second-order valence-corrected chi connectivity index (χ2v) is 4.93. The molecule has 1 unspecified atom stereocenters. The Labute approximate surface area is 120 Å². The normalized spacial score (nSPS) is 12.8. The topological polar surface area (TPSA) is 60.6 Å². The summed E-state index contributed by atoms with van der Waals surface area (Å²) in [6, 6.07) is 0.102. The Morgan fingerprint density at radius 1 is 1.30 bits per heavy atom. The van der Waals surface area contributed by atoms with E-state index < -0.39 is 0 Å². The molecule has 0 fully saturated rings. The van der Waals surface area contributed by atoms with E-state index >= 15 is 0 Å². The molecule has 0 saturated carbocycles. The predicted octanol–water partition coefficient (Wildman–Crippen LogP) is 1.68. The van der Waals surface area contributed by atoms with Crippen molar-refractivity contribution in [1.29, 1.82) is 0 Å². The van der Waals surface area contributed by atoms with Gasteiger partial charge < -0.3 is 5.32 Å². The zero-order chi connectivity index (χ0) is 14.5. The van der Waals surface area contributed by atoms with Crippen molar-refractivity contribution in [2.45, 2.75) is 46.2 Å². The molecule has 2 rings (SSSR count). The van der Waals surface area contributed by atoms with Gasteiger partial charge in [-0.2, -0.15) is 5.10 Å². The van der Waals surface area contributed by atoms with Crippen molar-refractivity contribution >= 4 is 0 Å². The maximum atomic E-state index is 4.54.